The highest BCUT2D eigenvalue weighted by atomic mass is 35.5. The summed E-state index contributed by atoms with van der Waals surface area (Å²) in [6.45, 7) is 6.22. The van der Waals surface area contributed by atoms with Crippen LogP contribution in [0.2, 0.25) is 0 Å². The Morgan fingerprint density at radius 3 is 2.40 bits per heavy atom. The Balaban J connectivity index is 2.69. The number of hydrogen-bond acceptors (Lipinski definition) is 1. The summed E-state index contributed by atoms with van der Waals surface area (Å²) in [6, 6.07) is 10.2. The Bertz CT molecular complexity index is 367. The van der Waals surface area contributed by atoms with E-state index in [1.165, 1.54) is 4.90 Å². The first-order chi connectivity index (χ1) is 7.00. The molecule has 80 valence electrons. The quantitative estimate of drug-likeness (QED) is 0.513. The second-order valence-electron chi connectivity index (χ2n) is 4.26. The Morgan fingerprint density at radius 1 is 1.27 bits per heavy atom. The third-order valence-corrected chi connectivity index (χ3v) is 3.24. The second-order valence-corrected chi connectivity index (χ2v) is 5.58. The molecule has 0 unspecified atom stereocenters. The topological polar surface area (TPSA) is 0 Å². The van der Waals surface area contributed by atoms with Crippen molar-refractivity contribution in [3.05, 3.63) is 46.5 Å². The van der Waals surface area contributed by atoms with Crippen LogP contribution >= 0.6 is 23.4 Å². The third kappa shape index (κ3) is 4.61. The van der Waals surface area contributed by atoms with E-state index in [1.54, 1.807) is 11.8 Å². The molecule has 0 fully saturated rings. The van der Waals surface area contributed by atoms with E-state index in [2.05, 4.69) is 38.6 Å². The van der Waals surface area contributed by atoms with Gasteiger partial charge >= 0.3 is 0 Å². The highest BCUT2D eigenvalue weighted by Gasteiger charge is 2.13. The number of benzene rings is 1. The maximum Gasteiger partial charge on any atom is 0.0656 e. The number of hydrogen-bond donors (Lipinski definition) is 0. The molecule has 1 aromatic rings. The van der Waals surface area contributed by atoms with Crippen molar-refractivity contribution < 1.29 is 0 Å². The summed E-state index contributed by atoms with van der Waals surface area (Å²) in [5.74, 6) is 0. The average Bonchev–Trinajstić information content (AvgIpc) is 2.18. The van der Waals surface area contributed by atoms with Crippen LogP contribution in [0.4, 0.5) is 0 Å². The Labute approximate surface area is 101 Å². The molecule has 0 saturated carbocycles. The van der Waals surface area contributed by atoms with Gasteiger partial charge in [0.1, 0.15) is 0 Å². The molecule has 1 aromatic carbocycles. The summed E-state index contributed by atoms with van der Waals surface area (Å²) < 4.78 is 0. The predicted molar refractivity (Wildman–Crippen MR) is 69.2 cm³/mol. The van der Waals surface area contributed by atoms with Crippen LogP contribution in [0.15, 0.2) is 51.4 Å². The standard InChI is InChI=1S/C13H15ClS/c1-13(2,3)12(14)9-10-15-11-7-5-4-6-8-11/h4-8,10H,1-3H3. The molecule has 0 N–H and O–H groups in total. The highest BCUT2D eigenvalue weighted by Crippen LogP contribution is 2.28. The van der Waals surface area contributed by atoms with Gasteiger partial charge in [-0.3, -0.25) is 0 Å². The summed E-state index contributed by atoms with van der Waals surface area (Å²) in [4.78, 5) is 1.20. The summed E-state index contributed by atoms with van der Waals surface area (Å²) in [5, 5.41) is 2.66. The van der Waals surface area contributed by atoms with Gasteiger partial charge in [0.25, 0.3) is 0 Å². The lowest BCUT2D eigenvalue weighted by molar-refractivity contribution is 0.532. The van der Waals surface area contributed by atoms with Crippen LogP contribution in [0.1, 0.15) is 20.8 Å². The summed E-state index contributed by atoms with van der Waals surface area (Å²) in [6.07, 6.45) is 0. The number of allylic oxidation sites excluding steroid dienone is 1. The maximum atomic E-state index is 6.08. The fraction of sp³-hybridized carbons (Fsp3) is 0.308. The zero-order valence-electron chi connectivity index (χ0n) is 9.25. The first kappa shape index (κ1) is 12.4. The Hall–Kier alpha value is -0.620. The largest absolute Gasteiger partial charge is 0.0971 e. The smallest absolute Gasteiger partial charge is 0.0656 e. The molecule has 1 rings (SSSR count). The van der Waals surface area contributed by atoms with Crippen molar-refractivity contribution in [2.45, 2.75) is 25.7 Å². The van der Waals surface area contributed by atoms with E-state index in [1.807, 2.05) is 23.6 Å². The van der Waals surface area contributed by atoms with Gasteiger partial charge < -0.3 is 0 Å². The van der Waals surface area contributed by atoms with Crippen LogP contribution < -0.4 is 0 Å². The molecule has 0 aliphatic heterocycles. The van der Waals surface area contributed by atoms with E-state index in [-0.39, 0.29) is 5.41 Å². The van der Waals surface area contributed by atoms with Crippen molar-refractivity contribution in [1.82, 2.24) is 0 Å². The van der Waals surface area contributed by atoms with Crippen molar-refractivity contribution >= 4 is 23.4 Å². The Kier molecular flexibility index (Phi) is 4.53. The van der Waals surface area contributed by atoms with Crippen molar-refractivity contribution in [1.29, 1.82) is 0 Å². The third-order valence-electron chi connectivity index (χ3n) is 1.78. The van der Waals surface area contributed by atoms with E-state index in [0.29, 0.717) is 0 Å². The highest BCUT2D eigenvalue weighted by molar-refractivity contribution is 8.02. The molecule has 0 amide bonds. The molecule has 0 heterocycles. The van der Waals surface area contributed by atoms with Crippen LogP contribution in [0.3, 0.4) is 0 Å². The van der Waals surface area contributed by atoms with Crippen LogP contribution in [-0.4, -0.2) is 0 Å². The minimum Gasteiger partial charge on any atom is -0.0971 e. The van der Waals surface area contributed by atoms with Crippen LogP contribution in [-0.2, 0) is 0 Å². The van der Waals surface area contributed by atoms with Gasteiger partial charge in [-0.25, -0.2) is 0 Å². The van der Waals surface area contributed by atoms with Crippen LogP contribution in [0, 0.1) is 5.41 Å². The normalized spacial score (nSPS) is 10.7. The first-order valence-corrected chi connectivity index (χ1v) is 6.09. The molecular formula is C13H15ClS. The molecule has 0 bridgehead atoms. The molecular weight excluding hydrogens is 224 g/mol. The minimum absolute atomic E-state index is 0.0185. The number of halogens is 1. The van der Waals surface area contributed by atoms with Gasteiger partial charge in [-0.15, -0.1) is 0 Å². The minimum atomic E-state index is -0.0185. The Morgan fingerprint density at radius 2 is 1.87 bits per heavy atom. The lowest BCUT2D eigenvalue weighted by Crippen LogP contribution is -2.03. The zero-order chi connectivity index (χ0) is 11.3. The van der Waals surface area contributed by atoms with Crippen LogP contribution in [0.5, 0.6) is 0 Å². The molecule has 0 aliphatic carbocycles. The average molecular weight is 239 g/mol. The molecule has 0 saturated heterocycles. The number of rotatable bonds is 2. The van der Waals surface area contributed by atoms with Crippen molar-refractivity contribution in [3.8, 4) is 0 Å². The van der Waals surface area contributed by atoms with Crippen molar-refractivity contribution in [2.24, 2.45) is 5.41 Å². The molecule has 0 spiro atoms. The molecule has 0 nitrogen and oxygen atoms in total. The predicted octanol–water partition coefficient (Wildman–Crippen LogP) is 5.06. The van der Waals surface area contributed by atoms with Crippen molar-refractivity contribution in [3.63, 3.8) is 0 Å². The van der Waals surface area contributed by atoms with Gasteiger partial charge in [-0.2, -0.15) is 0 Å². The zero-order valence-corrected chi connectivity index (χ0v) is 10.8. The molecule has 0 aliphatic rings. The van der Waals surface area contributed by atoms with E-state index in [9.17, 15) is 0 Å². The van der Waals surface area contributed by atoms with Gasteiger partial charge in [0.05, 0.1) is 5.03 Å². The molecule has 0 atom stereocenters. The molecule has 2 heteroatoms. The lowest BCUT2D eigenvalue weighted by Gasteiger charge is -2.14. The van der Waals surface area contributed by atoms with Gasteiger partial charge in [0.2, 0.25) is 0 Å². The molecule has 15 heavy (non-hydrogen) atoms. The van der Waals surface area contributed by atoms with Gasteiger partial charge in [-0.05, 0) is 12.1 Å². The fourth-order valence-electron chi connectivity index (χ4n) is 0.865. The van der Waals surface area contributed by atoms with Gasteiger partial charge in [-0.1, -0.05) is 68.1 Å². The summed E-state index contributed by atoms with van der Waals surface area (Å²) >= 11 is 7.71. The molecule has 0 radical (unpaired) electrons. The van der Waals surface area contributed by atoms with Gasteiger partial charge in [0, 0.05) is 15.7 Å². The SMILES string of the molecule is CC(C)(C)C(Cl)=C=CSc1ccccc1. The first-order valence-electron chi connectivity index (χ1n) is 4.83. The van der Waals surface area contributed by atoms with Gasteiger partial charge in [0.15, 0.2) is 0 Å². The summed E-state index contributed by atoms with van der Waals surface area (Å²) in [7, 11) is 0. The maximum absolute atomic E-state index is 6.08. The van der Waals surface area contributed by atoms with E-state index in [4.69, 9.17) is 11.6 Å². The summed E-state index contributed by atoms with van der Waals surface area (Å²) in [5.41, 5.74) is 3.07. The number of thioether (sulfide) groups is 1. The van der Waals surface area contributed by atoms with Crippen molar-refractivity contribution in [2.75, 3.05) is 0 Å². The van der Waals surface area contributed by atoms with Crippen LogP contribution in [0.25, 0.3) is 0 Å². The molecule has 0 aromatic heterocycles. The lowest BCUT2D eigenvalue weighted by atomic mass is 9.97. The van der Waals surface area contributed by atoms with E-state index in [0.717, 1.165) is 5.03 Å². The fourth-order valence-corrected chi connectivity index (χ4v) is 1.61. The monoisotopic (exact) mass is 238 g/mol. The second kappa shape index (κ2) is 5.46. The van der Waals surface area contributed by atoms with E-state index >= 15 is 0 Å². The van der Waals surface area contributed by atoms with E-state index < -0.39 is 0 Å².